The Hall–Kier alpha value is -5.57. The molecule has 0 amide bonds. The van der Waals surface area contributed by atoms with Crippen LogP contribution in [0.4, 0.5) is 17.3 Å². The molecule has 0 atom stereocenters. The normalized spacial score (nSPS) is 10.9. The molecule has 0 saturated heterocycles. The number of anilines is 3. The van der Waals surface area contributed by atoms with Gasteiger partial charge in [-0.15, -0.1) is 0 Å². The summed E-state index contributed by atoms with van der Waals surface area (Å²) in [6, 6.07) is 33.0. The average Bonchev–Trinajstić information content (AvgIpc) is 3.20. The smallest absolute Gasteiger partial charge is 0.227 e. The fourth-order valence-corrected chi connectivity index (χ4v) is 6.86. The summed E-state index contributed by atoms with van der Waals surface area (Å²) in [6.07, 6.45) is 3.30. The Kier molecular flexibility index (Phi) is 15.5. The Morgan fingerprint density at radius 2 is 1.07 bits per heavy atom. The number of aromatic nitrogens is 4. The van der Waals surface area contributed by atoms with E-state index in [1.807, 2.05) is 66.7 Å². The van der Waals surface area contributed by atoms with Gasteiger partial charge in [-0.1, -0.05) is 62.4 Å². The summed E-state index contributed by atoms with van der Waals surface area (Å²) in [7, 11) is -2.72. The summed E-state index contributed by atoms with van der Waals surface area (Å²) in [6.45, 7) is 3.30. The summed E-state index contributed by atoms with van der Waals surface area (Å²) in [5, 5.41) is 3.38. The van der Waals surface area contributed by atoms with Crippen LogP contribution in [0.25, 0.3) is 22.5 Å². The van der Waals surface area contributed by atoms with Crippen molar-refractivity contribution >= 4 is 48.6 Å². The molecule has 12 nitrogen and oxygen atoms in total. The van der Waals surface area contributed by atoms with E-state index < -0.39 is 19.7 Å². The van der Waals surface area contributed by atoms with E-state index in [9.17, 15) is 16.8 Å². The van der Waals surface area contributed by atoms with Crippen LogP contribution in [-0.2, 0) is 31.2 Å². The second-order valence-corrected chi connectivity index (χ2v) is 16.8. The number of nitrogens with two attached hydrogens (primary N) is 1. The van der Waals surface area contributed by atoms with Crippen molar-refractivity contribution in [2.45, 2.75) is 25.4 Å². The number of ether oxygens (including phenoxy) is 2. The molecule has 4 aromatic carbocycles. The van der Waals surface area contributed by atoms with E-state index in [2.05, 4.69) is 25.3 Å². The van der Waals surface area contributed by atoms with Gasteiger partial charge in [0, 0.05) is 46.4 Å². The molecule has 15 heteroatoms. The Labute approximate surface area is 327 Å². The van der Waals surface area contributed by atoms with E-state index in [1.165, 1.54) is 0 Å². The number of halogens is 1. The topological polar surface area (TPSA) is 176 Å². The Balaban J connectivity index is 0.000000202. The van der Waals surface area contributed by atoms with Crippen LogP contribution in [0.5, 0.6) is 11.5 Å². The third-order valence-electron chi connectivity index (χ3n) is 7.89. The molecule has 0 unspecified atom stereocenters. The number of benzene rings is 4. The maximum atomic E-state index is 11.7. The van der Waals surface area contributed by atoms with Crippen molar-refractivity contribution in [3.8, 4) is 34.0 Å². The van der Waals surface area contributed by atoms with Gasteiger partial charge in [-0.25, -0.2) is 36.8 Å². The van der Waals surface area contributed by atoms with E-state index >= 15 is 0 Å². The number of para-hydroxylation sites is 2. The van der Waals surface area contributed by atoms with Crippen LogP contribution in [0.1, 0.15) is 25.0 Å². The highest BCUT2D eigenvalue weighted by Gasteiger charge is 2.11. The van der Waals surface area contributed by atoms with Gasteiger partial charge < -0.3 is 20.5 Å². The monoisotopic (exact) mass is 802 g/mol. The van der Waals surface area contributed by atoms with Gasteiger partial charge in [-0.3, -0.25) is 0 Å². The van der Waals surface area contributed by atoms with Gasteiger partial charge in [-0.2, -0.15) is 0 Å². The minimum absolute atomic E-state index is 0.0452. The van der Waals surface area contributed by atoms with Gasteiger partial charge in [0.15, 0.2) is 19.7 Å². The zero-order chi connectivity index (χ0) is 39.8. The van der Waals surface area contributed by atoms with Gasteiger partial charge >= 0.3 is 0 Å². The molecule has 0 aliphatic carbocycles. The number of hydrogen-bond acceptors (Lipinski definition) is 12. The van der Waals surface area contributed by atoms with Crippen LogP contribution in [0.3, 0.4) is 0 Å². The van der Waals surface area contributed by atoms with Crippen LogP contribution >= 0.6 is 11.6 Å². The number of rotatable bonds is 12. The number of nitrogens with zero attached hydrogens (tertiary/aromatic N) is 4. The summed E-state index contributed by atoms with van der Waals surface area (Å²) >= 11 is 5.73. The molecule has 0 spiro atoms. The number of sulfone groups is 2. The first-order valence-corrected chi connectivity index (χ1v) is 21.1. The second-order valence-electron chi connectivity index (χ2n) is 11.8. The Morgan fingerprint density at radius 1 is 0.618 bits per heavy atom. The van der Waals surface area contributed by atoms with Crippen molar-refractivity contribution in [3.05, 3.63) is 138 Å². The third kappa shape index (κ3) is 13.4. The van der Waals surface area contributed by atoms with E-state index in [1.54, 1.807) is 82.9 Å². The molecule has 3 N–H and O–H groups in total. The lowest BCUT2D eigenvalue weighted by Crippen LogP contribution is -2.06. The molecule has 2 aromatic heterocycles. The predicted molar refractivity (Wildman–Crippen MR) is 220 cm³/mol. The standard InChI is InChI=1S/C20H21N3O3S.C11H9ClN2O.C9H13NO2S/c1-3-27(24,25)14-15-8-10-16(11-9-15)22-20-21-13-12-18(23-20)17-6-4-5-7-19(17)26-2;1-15-10-5-3-2-4-8(10)9-6-7-13-11(12)14-9;1-2-13(11,12)7-8-3-5-9(10)6-4-8/h4-13H,3,14H2,1-2H3,(H,21,22,23);2-7H,1H3;3-6H,2,7,10H2,1H3. The maximum absolute atomic E-state index is 11.7. The van der Waals surface area contributed by atoms with Gasteiger partial charge in [0.2, 0.25) is 11.2 Å². The minimum Gasteiger partial charge on any atom is -0.496 e. The molecule has 288 valence electrons. The first-order chi connectivity index (χ1) is 26.3. The summed E-state index contributed by atoms with van der Waals surface area (Å²) < 4.78 is 56.5. The molecule has 0 aliphatic rings. The molecular weight excluding hydrogens is 760 g/mol. The molecular formula is C40H43ClN6O6S2. The quantitative estimate of drug-likeness (QED) is 0.0907. The van der Waals surface area contributed by atoms with E-state index in [0.29, 0.717) is 11.6 Å². The number of hydrogen-bond donors (Lipinski definition) is 2. The van der Waals surface area contributed by atoms with Crippen LogP contribution in [0.2, 0.25) is 5.28 Å². The third-order valence-corrected chi connectivity index (χ3v) is 11.4. The SMILES string of the molecule is CCS(=O)(=O)Cc1ccc(N)cc1.CCS(=O)(=O)Cc1ccc(Nc2nccc(-c3ccccc3OC)n2)cc1.COc1ccccc1-c1ccnc(Cl)n1. The number of nitrogen functional groups attached to an aromatic ring is 1. The molecule has 0 radical (unpaired) electrons. The largest absolute Gasteiger partial charge is 0.496 e. The molecule has 0 bridgehead atoms. The highest BCUT2D eigenvalue weighted by Crippen LogP contribution is 2.29. The van der Waals surface area contributed by atoms with Crippen molar-refractivity contribution in [2.24, 2.45) is 0 Å². The lowest BCUT2D eigenvalue weighted by atomic mass is 10.1. The first kappa shape index (κ1) is 42.2. The summed E-state index contributed by atoms with van der Waals surface area (Å²) in [4.78, 5) is 16.8. The Morgan fingerprint density at radius 3 is 1.55 bits per heavy atom. The lowest BCUT2D eigenvalue weighted by Gasteiger charge is -2.10. The van der Waals surface area contributed by atoms with Crippen LogP contribution in [-0.4, -0.2) is 62.5 Å². The predicted octanol–water partition coefficient (Wildman–Crippen LogP) is 7.84. The first-order valence-electron chi connectivity index (χ1n) is 17.0. The highest BCUT2D eigenvalue weighted by molar-refractivity contribution is 7.90. The summed E-state index contributed by atoms with van der Waals surface area (Å²) in [5.41, 5.74) is 11.7. The second kappa shape index (κ2) is 20.2. The molecule has 0 fully saturated rings. The zero-order valence-electron chi connectivity index (χ0n) is 30.9. The van der Waals surface area contributed by atoms with Gasteiger partial charge in [0.1, 0.15) is 11.5 Å². The van der Waals surface area contributed by atoms with Crippen molar-refractivity contribution in [3.63, 3.8) is 0 Å². The van der Waals surface area contributed by atoms with Crippen molar-refractivity contribution in [1.29, 1.82) is 0 Å². The maximum Gasteiger partial charge on any atom is 0.227 e. The highest BCUT2D eigenvalue weighted by atomic mass is 35.5. The van der Waals surface area contributed by atoms with Crippen molar-refractivity contribution in [1.82, 2.24) is 19.9 Å². The van der Waals surface area contributed by atoms with Gasteiger partial charge in [-0.05, 0) is 83.4 Å². The van der Waals surface area contributed by atoms with Crippen LogP contribution < -0.4 is 20.5 Å². The van der Waals surface area contributed by atoms with Gasteiger partial charge in [0.25, 0.3) is 0 Å². The van der Waals surface area contributed by atoms with Crippen LogP contribution in [0.15, 0.2) is 122 Å². The fourth-order valence-electron chi connectivity index (χ4n) is 4.91. The van der Waals surface area contributed by atoms with E-state index in [4.69, 9.17) is 26.8 Å². The average molecular weight is 803 g/mol. The fraction of sp³-hybridized carbons (Fsp3) is 0.200. The zero-order valence-corrected chi connectivity index (χ0v) is 33.3. The van der Waals surface area contributed by atoms with Crippen molar-refractivity contribution in [2.75, 3.05) is 36.8 Å². The van der Waals surface area contributed by atoms with Gasteiger partial charge in [0.05, 0.1) is 37.1 Å². The molecule has 55 heavy (non-hydrogen) atoms. The lowest BCUT2D eigenvalue weighted by molar-refractivity contribution is 0.416. The molecule has 6 rings (SSSR count). The van der Waals surface area contributed by atoms with E-state index in [-0.39, 0.29) is 28.3 Å². The van der Waals surface area contributed by atoms with Crippen molar-refractivity contribution < 1.29 is 26.3 Å². The minimum atomic E-state index is -3.04. The molecule has 0 saturated carbocycles. The van der Waals surface area contributed by atoms with Crippen LogP contribution in [0, 0.1) is 0 Å². The summed E-state index contributed by atoms with van der Waals surface area (Å²) in [5.74, 6) is 2.42. The Bertz CT molecular complexity index is 2360. The molecule has 0 aliphatic heterocycles. The number of nitrogens with one attached hydrogen (secondary N) is 1. The van der Waals surface area contributed by atoms with E-state index in [0.717, 1.165) is 50.8 Å². The molecule has 2 heterocycles. The number of methoxy groups -OCH3 is 2. The molecule has 6 aromatic rings.